The van der Waals surface area contributed by atoms with Crippen molar-refractivity contribution >= 4 is 11.6 Å². The molecule has 0 saturated carbocycles. The molecule has 0 radical (unpaired) electrons. The Kier molecular flexibility index (Phi) is 6.98. The van der Waals surface area contributed by atoms with Gasteiger partial charge in [0.25, 0.3) is 0 Å². The van der Waals surface area contributed by atoms with Crippen LogP contribution in [0.5, 0.6) is 0 Å². The lowest BCUT2D eigenvalue weighted by molar-refractivity contribution is -0.182. The van der Waals surface area contributed by atoms with Crippen molar-refractivity contribution in [3.05, 3.63) is 0 Å². The first kappa shape index (κ1) is 17.8. The number of nitrogens with one attached hydrogen (secondary N) is 1. The van der Waals surface area contributed by atoms with E-state index in [1.807, 2.05) is 0 Å². The third-order valence-electron chi connectivity index (χ3n) is 1.80. The number of alkyl halides is 6. The van der Waals surface area contributed by atoms with Gasteiger partial charge in [-0.3, -0.25) is 9.59 Å². The Morgan fingerprint density at radius 1 is 0.895 bits per heavy atom. The van der Waals surface area contributed by atoms with E-state index in [4.69, 9.17) is 4.74 Å². The molecule has 10 heteroatoms. The molecule has 0 aromatic rings. The zero-order valence-corrected chi connectivity index (χ0v) is 9.53. The summed E-state index contributed by atoms with van der Waals surface area (Å²) in [6.45, 7) is 3.83. The van der Waals surface area contributed by atoms with Crippen molar-refractivity contribution in [3.8, 4) is 0 Å². The molecule has 1 aliphatic rings. The molecule has 0 amide bonds. The Morgan fingerprint density at radius 3 is 1.42 bits per heavy atom. The van der Waals surface area contributed by atoms with Crippen LogP contribution in [0.15, 0.2) is 0 Å². The first-order valence-electron chi connectivity index (χ1n) is 5.03. The van der Waals surface area contributed by atoms with Gasteiger partial charge in [0, 0.05) is 13.1 Å². The zero-order chi connectivity index (χ0) is 15.1. The molecule has 0 aliphatic carbocycles. The van der Waals surface area contributed by atoms with Crippen LogP contribution in [-0.4, -0.2) is 50.2 Å². The van der Waals surface area contributed by atoms with Gasteiger partial charge in [0.05, 0.1) is 19.6 Å². The summed E-state index contributed by atoms with van der Waals surface area (Å²) < 4.78 is 73.0. The number of carbonyl (C=O) groups excluding carboxylic acids is 2. The SMILES string of the molecule is C1COCCN1.O=C(CC(=O)C(F)(F)F)C(F)(F)F. The topological polar surface area (TPSA) is 55.4 Å². The van der Waals surface area contributed by atoms with E-state index < -0.39 is 30.3 Å². The second-order valence-corrected chi connectivity index (χ2v) is 3.38. The molecular weight excluding hydrogens is 284 g/mol. The van der Waals surface area contributed by atoms with Crippen LogP contribution in [-0.2, 0) is 14.3 Å². The third kappa shape index (κ3) is 8.54. The van der Waals surface area contributed by atoms with Gasteiger partial charge in [-0.2, -0.15) is 26.3 Å². The Bertz CT molecular complexity index is 273. The highest BCUT2D eigenvalue weighted by Crippen LogP contribution is 2.23. The minimum atomic E-state index is -5.40. The maximum absolute atomic E-state index is 11.3. The molecule has 4 nitrogen and oxygen atoms in total. The van der Waals surface area contributed by atoms with E-state index in [0.29, 0.717) is 0 Å². The van der Waals surface area contributed by atoms with Crippen molar-refractivity contribution < 1.29 is 40.7 Å². The Morgan fingerprint density at radius 2 is 1.26 bits per heavy atom. The van der Waals surface area contributed by atoms with Gasteiger partial charge in [-0.25, -0.2) is 0 Å². The van der Waals surface area contributed by atoms with Crippen molar-refractivity contribution in [2.75, 3.05) is 26.3 Å². The maximum atomic E-state index is 11.3. The van der Waals surface area contributed by atoms with Crippen molar-refractivity contribution in [1.29, 1.82) is 0 Å². The molecule has 0 atom stereocenters. The normalized spacial score (nSPS) is 16.3. The van der Waals surface area contributed by atoms with Crippen LogP contribution in [0.3, 0.4) is 0 Å². The van der Waals surface area contributed by atoms with Crippen LogP contribution in [0.25, 0.3) is 0 Å². The summed E-state index contributed by atoms with van der Waals surface area (Å²) in [7, 11) is 0. The summed E-state index contributed by atoms with van der Waals surface area (Å²) in [6.07, 6.45) is -13.0. The number of morpholine rings is 1. The largest absolute Gasteiger partial charge is 0.450 e. The third-order valence-corrected chi connectivity index (χ3v) is 1.80. The molecule has 0 unspecified atom stereocenters. The molecule has 0 spiro atoms. The number of Topliss-reactive ketones (excluding diaryl/α,β-unsaturated/α-hetero) is 2. The number of hydrogen-bond donors (Lipinski definition) is 1. The lowest BCUT2D eigenvalue weighted by atomic mass is 10.2. The van der Waals surface area contributed by atoms with E-state index in [0.717, 1.165) is 26.3 Å². The van der Waals surface area contributed by atoms with E-state index >= 15 is 0 Å². The molecule has 1 N–H and O–H groups in total. The molecule has 1 aliphatic heterocycles. The summed E-state index contributed by atoms with van der Waals surface area (Å²) in [5.41, 5.74) is 0. The van der Waals surface area contributed by atoms with Crippen LogP contribution in [0.4, 0.5) is 26.3 Å². The maximum Gasteiger partial charge on any atom is 0.450 e. The molecule has 0 aromatic carbocycles. The van der Waals surface area contributed by atoms with E-state index in [9.17, 15) is 35.9 Å². The number of halogens is 6. The Labute approximate surface area is 104 Å². The summed E-state index contributed by atoms with van der Waals surface area (Å²) in [5.74, 6) is -5.40. The van der Waals surface area contributed by atoms with Crippen LogP contribution >= 0.6 is 0 Å². The second-order valence-electron chi connectivity index (χ2n) is 3.38. The van der Waals surface area contributed by atoms with Gasteiger partial charge in [-0.1, -0.05) is 0 Å². The zero-order valence-electron chi connectivity index (χ0n) is 9.53. The predicted octanol–water partition coefficient (Wildman–Crippen LogP) is 1.25. The number of ketones is 2. The average Bonchev–Trinajstić information content (AvgIpc) is 2.29. The highest BCUT2D eigenvalue weighted by atomic mass is 19.4. The monoisotopic (exact) mass is 295 g/mol. The van der Waals surface area contributed by atoms with Gasteiger partial charge >= 0.3 is 12.4 Å². The molecule has 1 heterocycles. The standard InChI is InChI=1S/C5H2F6O2.C4H9NO/c6-4(7,8)2(12)1-3(13)5(9,10)11;1-3-6-4-2-5-1/h1H2;5H,1-4H2. The molecule has 112 valence electrons. The summed E-state index contributed by atoms with van der Waals surface area (Å²) in [6, 6.07) is 0. The Balaban J connectivity index is 0.000000443. The van der Waals surface area contributed by atoms with E-state index in [-0.39, 0.29) is 0 Å². The summed E-state index contributed by atoms with van der Waals surface area (Å²) in [5, 5.41) is 3.16. The number of rotatable bonds is 2. The molecule has 1 fully saturated rings. The number of hydrogen-bond acceptors (Lipinski definition) is 4. The van der Waals surface area contributed by atoms with Crippen LogP contribution in [0, 0.1) is 0 Å². The van der Waals surface area contributed by atoms with Crippen LogP contribution in [0.2, 0.25) is 0 Å². The van der Waals surface area contributed by atoms with Gasteiger partial charge < -0.3 is 10.1 Å². The predicted molar refractivity (Wildman–Crippen MR) is 50.4 cm³/mol. The van der Waals surface area contributed by atoms with Crippen molar-refractivity contribution in [2.45, 2.75) is 18.8 Å². The average molecular weight is 295 g/mol. The first-order valence-corrected chi connectivity index (χ1v) is 5.03. The quantitative estimate of drug-likeness (QED) is 0.615. The van der Waals surface area contributed by atoms with Crippen molar-refractivity contribution in [2.24, 2.45) is 0 Å². The van der Waals surface area contributed by atoms with Crippen LogP contribution in [0.1, 0.15) is 6.42 Å². The highest BCUT2D eigenvalue weighted by molar-refractivity contribution is 6.03. The van der Waals surface area contributed by atoms with Gasteiger partial charge in [-0.15, -0.1) is 0 Å². The second kappa shape index (κ2) is 7.43. The molecule has 0 aromatic heterocycles. The lowest BCUT2D eigenvalue weighted by Gasteiger charge is -2.10. The fraction of sp³-hybridized carbons (Fsp3) is 0.778. The molecule has 1 rings (SSSR count). The number of carbonyl (C=O) groups is 2. The van der Waals surface area contributed by atoms with Gasteiger partial charge in [0.15, 0.2) is 0 Å². The van der Waals surface area contributed by atoms with E-state index in [1.54, 1.807) is 0 Å². The van der Waals surface area contributed by atoms with Gasteiger partial charge in [0.2, 0.25) is 11.6 Å². The molecule has 0 bridgehead atoms. The summed E-state index contributed by atoms with van der Waals surface area (Å²) in [4.78, 5) is 19.8. The van der Waals surface area contributed by atoms with Gasteiger partial charge in [-0.05, 0) is 0 Å². The van der Waals surface area contributed by atoms with Crippen molar-refractivity contribution in [1.82, 2.24) is 5.32 Å². The summed E-state index contributed by atoms with van der Waals surface area (Å²) >= 11 is 0. The smallest absolute Gasteiger partial charge is 0.379 e. The van der Waals surface area contributed by atoms with Crippen LogP contribution < -0.4 is 5.32 Å². The Hall–Kier alpha value is -1.16. The molecular formula is C9H11F6NO3. The van der Waals surface area contributed by atoms with Gasteiger partial charge in [0.1, 0.15) is 0 Å². The highest BCUT2D eigenvalue weighted by Gasteiger charge is 2.46. The number of ether oxygens (including phenoxy) is 1. The fourth-order valence-corrected chi connectivity index (χ4v) is 0.862. The minimum Gasteiger partial charge on any atom is -0.379 e. The minimum absolute atomic E-state index is 0.889. The van der Waals surface area contributed by atoms with E-state index in [2.05, 4.69) is 5.32 Å². The first-order chi connectivity index (χ1) is 8.55. The fourth-order valence-electron chi connectivity index (χ4n) is 0.862. The lowest BCUT2D eigenvalue weighted by Crippen LogP contribution is -2.31. The molecule has 1 saturated heterocycles. The van der Waals surface area contributed by atoms with Crippen molar-refractivity contribution in [3.63, 3.8) is 0 Å². The molecule has 19 heavy (non-hydrogen) atoms. The van der Waals surface area contributed by atoms with E-state index in [1.165, 1.54) is 0 Å².